The number of piperidine rings is 1. The van der Waals surface area contributed by atoms with Crippen molar-refractivity contribution in [1.82, 2.24) is 0 Å². The fourth-order valence-corrected chi connectivity index (χ4v) is 5.08. The van der Waals surface area contributed by atoms with Crippen LogP contribution in [0.25, 0.3) is 0 Å². The van der Waals surface area contributed by atoms with Crippen molar-refractivity contribution in [2.45, 2.75) is 32.3 Å². The van der Waals surface area contributed by atoms with Crippen LogP contribution in [0.2, 0.25) is 0 Å². The van der Waals surface area contributed by atoms with Gasteiger partial charge in [-0.3, -0.25) is 0 Å². The molecule has 1 aliphatic heterocycles. The minimum absolute atomic E-state index is 0.175. The molecule has 0 aromatic heterocycles. The van der Waals surface area contributed by atoms with Crippen LogP contribution in [0.1, 0.15) is 37.0 Å². The van der Waals surface area contributed by atoms with Crippen LogP contribution in [0, 0.1) is 16.6 Å². The number of quaternary nitrogens is 1. The molecule has 2 rings (SSSR count). The van der Waals surface area contributed by atoms with E-state index in [-0.39, 0.29) is 11.6 Å². The molecule has 116 valence electrons. The highest BCUT2D eigenvalue weighted by Crippen LogP contribution is 2.32. The molecule has 1 aromatic rings. The molecular formula is C15H19I3NO2+. The molecule has 0 radical (unpaired) electrons. The van der Waals surface area contributed by atoms with Crippen molar-refractivity contribution in [2.75, 3.05) is 13.1 Å². The summed E-state index contributed by atoms with van der Waals surface area (Å²) in [6, 6.07) is 4.00. The Balaban J connectivity index is 2.28. The van der Waals surface area contributed by atoms with Crippen LogP contribution < -0.4 is 5.32 Å². The van der Waals surface area contributed by atoms with Crippen molar-refractivity contribution >= 4 is 73.7 Å². The third kappa shape index (κ3) is 4.23. The number of nitrogens with two attached hydrogens (primary N) is 1. The van der Waals surface area contributed by atoms with Gasteiger partial charge in [-0.2, -0.15) is 0 Å². The molecule has 0 spiro atoms. The lowest BCUT2D eigenvalue weighted by atomic mass is 9.82. The molecule has 0 saturated carbocycles. The van der Waals surface area contributed by atoms with Gasteiger partial charge < -0.3 is 10.1 Å². The number of hydrogen-bond donors (Lipinski definition) is 1. The lowest BCUT2D eigenvalue weighted by molar-refractivity contribution is -0.668. The summed E-state index contributed by atoms with van der Waals surface area (Å²) in [5.74, 6) is 0.168. The van der Waals surface area contributed by atoms with Gasteiger partial charge in [0.2, 0.25) is 0 Å². The summed E-state index contributed by atoms with van der Waals surface area (Å²) in [5, 5.41) is 2.30. The van der Waals surface area contributed by atoms with Crippen molar-refractivity contribution in [2.24, 2.45) is 5.92 Å². The molecule has 0 amide bonds. The molecule has 0 bridgehead atoms. The van der Waals surface area contributed by atoms with Gasteiger partial charge in [0, 0.05) is 23.6 Å². The maximum absolute atomic E-state index is 12.7. The maximum atomic E-state index is 12.7. The van der Waals surface area contributed by atoms with Gasteiger partial charge in [0.25, 0.3) is 0 Å². The topological polar surface area (TPSA) is 42.9 Å². The van der Waals surface area contributed by atoms with Gasteiger partial charge in [-0.25, -0.2) is 4.79 Å². The maximum Gasteiger partial charge on any atom is 0.339 e. The summed E-state index contributed by atoms with van der Waals surface area (Å²) in [5.41, 5.74) is 0.392. The Morgan fingerprint density at radius 1 is 1.24 bits per heavy atom. The largest absolute Gasteiger partial charge is 0.455 e. The minimum atomic E-state index is -0.304. The number of benzene rings is 1. The first kappa shape index (κ1) is 18.2. The van der Waals surface area contributed by atoms with Crippen LogP contribution in [-0.4, -0.2) is 24.7 Å². The second kappa shape index (κ2) is 7.61. The smallest absolute Gasteiger partial charge is 0.339 e. The quantitative estimate of drug-likeness (QED) is 0.318. The number of esters is 1. The predicted octanol–water partition coefficient (Wildman–Crippen LogP) is 3.41. The fourth-order valence-electron chi connectivity index (χ4n) is 2.70. The minimum Gasteiger partial charge on any atom is -0.455 e. The molecule has 6 heteroatoms. The second-order valence-electron chi connectivity index (χ2n) is 5.72. The highest BCUT2D eigenvalue weighted by molar-refractivity contribution is 14.1. The van der Waals surface area contributed by atoms with E-state index in [4.69, 9.17) is 4.74 Å². The third-order valence-corrected chi connectivity index (χ3v) is 7.77. The summed E-state index contributed by atoms with van der Waals surface area (Å²) in [4.78, 5) is 12.7. The number of rotatable bonds is 3. The normalized spacial score (nSPS) is 17.8. The monoisotopic (exact) mass is 626 g/mol. The molecule has 1 aliphatic rings. The van der Waals surface area contributed by atoms with Gasteiger partial charge in [-0.1, -0.05) is 13.8 Å². The van der Waals surface area contributed by atoms with Crippen molar-refractivity contribution in [3.8, 4) is 0 Å². The molecule has 21 heavy (non-hydrogen) atoms. The van der Waals surface area contributed by atoms with Gasteiger partial charge in [0.05, 0.1) is 18.7 Å². The molecule has 0 aliphatic carbocycles. The van der Waals surface area contributed by atoms with E-state index >= 15 is 0 Å². The summed E-state index contributed by atoms with van der Waals surface area (Å²) in [6.07, 6.45) is 1.88. The summed E-state index contributed by atoms with van der Waals surface area (Å²) < 4.78 is 9.20. The van der Waals surface area contributed by atoms with Crippen molar-refractivity contribution in [1.29, 1.82) is 0 Å². The molecule has 0 unspecified atom stereocenters. The van der Waals surface area contributed by atoms with Gasteiger partial charge in [-0.15, -0.1) is 0 Å². The molecule has 1 heterocycles. The second-order valence-corrected chi connectivity index (χ2v) is 9.21. The predicted molar refractivity (Wildman–Crippen MR) is 108 cm³/mol. The average Bonchev–Trinajstić information content (AvgIpc) is 2.43. The molecule has 3 nitrogen and oxygen atoms in total. The number of hydrogen-bond acceptors (Lipinski definition) is 2. The van der Waals surface area contributed by atoms with Crippen LogP contribution in [0.4, 0.5) is 0 Å². The van der Waals surface area contributed by atoms with E-state index < -0.39 is 0 Å². The van der Waals surface area contributed by atoms with Crippen molar-refractivity contribution in [3.05, 3.63) is 28.4 Å². The molecule has 2 N–H and O–H groups in total. The molecule has 1 fully saturated rings. The van der Waals surface area contributed by atoms with Crippen LogP contribution in [0.3, 0.4) is 0 Å². The first-order valence-corrected chi connectivity index (χ1v) is 10.3. The summed E-state index contributed by atoms with van der Waals surface area (Å²) in [6.45, 7) is 6.38. The van der Waals surface area contributed by atoms with E-state index in [0.29, 0.717) is 11.5 Å². The summed E-state index contributed by atoms with van der Waals surface area (Å²) >= 11 is 6.75. The lowest BCUT2D eigenvalue weighted by Crippen LogP contribution is -2.88. The van der Waals surface area contributed by atoms with Crippen LogP contribution >= 0.6 is 67.8 Å². The number of halogens is 3. The average molecular weight is 626 g/mol. The molecular weight excluding hydrogens is 607 g/mol. The zero-order chi connectivity index (χ0) is 15.6. The van der Waals surface area contributed by atoms with Crippen molar-refractivity contribution in [3.63, 3.8) is 0 Å². The van der Waals surface area contributed by atoms with E-state index in [1.807, 2.05) is 6.07 Å². The Morgan fingerprint density at radius 2 is 1.86 bits per heavy atom. The Hall–Kier alpha value is 0.840. The Kier molecular flexibility index (Phi) is 6.59. The van der Waals surface area contributed by atoms with E-state index in [1.165, 1.54) is 0 Å². The van der Waals surface area contributed by atoms with Crippen molar-refractivity contribution < 1.29 is 14.8 Å². The van der Waals surface area contributed by atoms with E-state index in [0.717, 1.165) is 36.6 Å². The summed E-state index contributed by atoms with van der Waals surface area (Å²) in [7, 11) is 0. The standard InChI is InChI=1S/C15H18I3NO2/c1-9(2)15(3-5-19-6-4-15)21-14(20)11-7-10(16)8-12(17)13(11)18/h7-9,19H,3-6H2,1-2H3/p+1. The number of carbonyl (C=O) groups excluding carboxylic acids is 1. The van der Waals surface area contributed by atoms with Crippen LogP contribution in [0.5, 0.6) is 0 Å². The first-order valence-electron chi connectivity index (χ1n) is 7.05. The highest BCUT2D eigenvalue weighted by atomic mass is 127. The number of ether oxygens (including phenoxy) is 1. The van der Waals surface area contributed by atoms with Gasteiger partial charge in [0.1, 0.15) is 5.60 Å². The highest BCUT2D eigenvalue weighted by Gasteiger charge is 2.41. The zero-order valence-electron chi connectivity index (χ0n) is 12.1. The number of carbonyl (C=O) groups is 1. The first-order chi connectivity index (χ1) is 9.85. The lowest BCUT2D eigenvalue weighted by Gasteiger charge is -2.39. The Morgan fingerprint density at radius 3 is 2.43 bits per heavy atom. The van der Waals surface area contributed by atoms with Gasteiger partial charge >= 0.3 is 5.97 Å². The zero-order valence-corrected chi connectivity index (χ0v) is 18.6. The molecule has 1 aromatic carbocycles. The fraction of sp³-hybridized carbons (Fsp3) is 0.533. The SMILES string of the molecule is CC(C)C1(OC(=O)c2cc(I)cc(I)c2I)CC[NH2+]CC1. The van der Waals surface area contributed by atoms with E-state index in [2.05, 4.69) is 93.0 Å². The van der Waals surface area contributed by atoms with Gasteiger partial charge in [0.15, 0.2) is 0 Å². The Labute approximate surface area is 166 Å². The van der Waals surface area contributed by atoms with E-state index in [9.17, 15) is 4.79 Å². The van der Waals surface area contributed by atoms with Crippen LogP contribution in [0.15, 0.2) is 12.1 Å². The van der Waals surface area contributed by atoms with Gasteiger partial charge in [-0.05, 0) is 85.8 Å². The molecule has 1 saturated heterocycles. The van der Waals surface area contributed by atoms with E-state index in [1.54, 1.807) is 0 Å². The third-order valence-electron chi connectivity index (χ3n) is 4.10. The Bertz CT molecular complexity index is 540. The van der Waals surface area contributed by atoms with Crippen LogP contribution in [-0.2, 0) is 4.74 Å². The molecule has 0 atom stereocenters.